The highest BCUT2D eigenvalue weighted by molar-refractivity contribution is 6.30. The van der Waals surface area contributed by atoms with Crippen LogP contribution in [0.3, 0.4) is 0 Å². The van der Waals surface area contributed by atoms with Crippen LogP contribution in [0.5, 0.6) is 5.75 Å². The van der Waals surface area contributed by atoms with Gasteiger partial charge in [-0.3, -0.25) is 4.79 Å². The normalized spacial score (nSPS) is 11.5. The second kappa shape index (κ2) is 8.31. The van der Waals surface area contributed by atoms with Gasteiger partial charge >= 0.3 is 5.97 Å². The highest BCUT2D eigenvalue weighted by atomic mass is 35.5. The van der Waals surface area contributed by atoms with E-state index in [0.29, 0.717) is 16.5 Å². The number of hydrogen-bond donors (Lipinski definition) is 1. The summed E-state index contributed by atoms with van der Waals surface area (Å²) in [4.78, 5) is 23.6. The first-order valence-electron chi connectivity index (χ1n) is 7.08. The Kier molecular flexibility index (Phi) is 6.14. The van der Waals surface area contributed by atoms with Crippen LogP contribution in [-0.4, -0.2) is 24.6 Å². The van der Waals surface area contributed by atoms with Crippen molar-refractivity contribution in [2.45, 2.75) is 13.0 Å². The summed E-state index contributed by atoms with van der Waals surface area (Å²) in [5, 5.41) is 3.07. The van der Waals surface area contributed by atoms with Gasteiger partial charge in [-0.05, 0) is 55.5 Å². The molecule has 2 aromatic carbocycles. The smallest absolute Gasteiger partial charge is 0.344 e. The number of carbonyl (C=O) groups is 2. The molecule has 1 amide bonds. The van der Waals surface area contributed by atoms with E-state index < -0.39 is 23.8 Å². The summed E-state index contributed by atoms with van der Waals surface area (Å²) in [6.45, 7) is 1.09. The highest BCUT2D eigenvalue weighted by Crippen LogP contribution is 2.15. The molecule has 0 radical (unpaired) electrons. The molecule has 0 fully saturated rings. The third-order valence-electron chi connectivity index (χ3n) is 2.96. The molecule has 0 aliphatic heterocycles. The maximum Gasteiger partial charge on any atom is 0.344 e. The zero-order valence-electron chi connectivity index (χ0n) is 12.8. The first-order valence-corrected chi connectivity index (χ1v) is 7.46. The Labute approximate surface area is 143 Å². The van der Waals surface area contributed by atoms with Gasteiger partial charge < -0.3 is 14.8 Å². The molecule has 0 saturated heterocycles. The van der Waals surface area contributed by atoms with E-state index in [9.17, 15) is 14.0 Å². The van der Waals surface area contributed by atoms with Crippen LogP contribution in [0, 0.1) is 5.82 Å². The van der Waals surface area contributed by atoms with Crippen molar-refractivity contribution >= 4 is 29.2 Å². The molecule has 5 nitrogen and oxygen atoms in total. The number of nitrogens with one attached hydrogen (secondary N) is 1. The topological polar surface area (TPSA) is 64.6 Å². The predicted octanol–water partition coefficient (Wildman–Crippen LogP) is 3.43. The lowest BCUT2D eigenvalue weighted by Gasteiger charge is -2.14. The fourth-order valence-electron chi connectivity index (χ4n) is 1.73. The second-order valence-corrected chi connectivity index (χ2v) is 5.31. The van der Waals surface area contributed by atoms with E-state index in [1.165, 1.54) is 31.2 Å². The first-order chi connectivity index (χ1) is 11.4. The maximum atomic E-state index is 12.8. The van der Waals surface area contributed by atoms with Crippen molar-refractivity contribution in [3.63, 3.8) is 0 Å². The van der Waals surface area contributed by atoms with Crippen molar-refractivity contribution in [1.82, 2.24) is 0 Å². The van der Waals surface area contributed by atoms with Crippen LogP contribution >= 0.6 is 11.6 Å². The molecule has 0 aromatic heterocycles. The van der Waals surface area contributed by atoms with E-state index in [1.807, 2.05) is 0 Å². The van der Waals surface area contributed by atoms with Crippen molar-refractivity contribution in [3.05, 3.63) is 59.4 Å². The second-order valence-electron chi connectivity index (χ2n) is 4.87. The average molecular weight is 352 g/mol. The summed E-state index contributed by atoms with van der Waals surface area (Å²) in [5.41, 5.74) is 0.404. The summed E-state index contributed by atoms with van der Waals surface area (Å²) in [6.07, 6.45) is -1.02. The summed E-state index contributed by atoms with van der Waals surface area (Å²) in [6, 6.07) is 11.7. The molecule has 7 heteroatoms. The third-order valence-corrected chi connectivity index (χ3v) is 3.21. The van der Waals surface area contributed by atoms with Gasteiger partial charge in [0.25, 0.3) is 5.91 Å². The van der Waals surface area contributed by atoms with Gasteiger partial charge in [0, 0.05) is 10.7 Å². The molecule has 126 valence electrons. The molecular formula is C17H15ClFNO4. The number of halogens is 2. The molecule has 0 aliphatic carbocycles. The predicted molar refractivity (Wildman–Crippen MR) is 87.5 cm³/mol. The minimum Gasteiger partial charge on any atom is -0.482 e. The van der Waals surface area contributed by atoms with Crippen LogP contribution in [0.4, 0.5) is 10.1 Å². The molecule has 0 heterocycles. The average Bonchev–Trinajstić information content (AvgIpc) is 2.56. The van der Waals surface area contributed by atoms with Gasteiger partial charge in [0.05, 0.1) is 0 Å². The van der Waals surface area contributed by atoms with Crippen LogP contribution in [0.25, 0.3) is 0 Å². The van der Waals surface area contributed by atoms with E-state index in [-0.39, 0.29) is 6.61 Å². The number of benzene rings is 2. The largest absolute Gasteiger partial charge is 0.482 e. The number of esters is 1. The van der Waals surface area contributed by atoms with Crippen LogP contribution in [0.2, 0.25) is 5.02 Å². The summed E-state index contributed by atoms with van der Waals surface area (Å²) in [5.74, 6) is -1.17. The van der Waals surface area contributed by atoms with Crippen LogP contribution in [0.1, 0.15) is 6.92 Å². The Morgan fingerprint density at radius 2 is 1.75 bits per heavy atom. The quantitative estimate of drug-likeness (QED) is 0.810. The van der Waals surface area contributed by atoms with Crippen LogP contribution in [0.15, 0.2) is 48.5 Å². The van der Waals surface area contributed by atoms with Crippen molar-refractivity contribution in [1.29, 1.82) is 0 Å². The van der Waals surface area contributed by atoms with Crippen molar-refractivity contribution in [2.24, 2.45) is 0 Å². The molecule has 2 rings (SSSR count). The van der Waals surface area contributed by atoms with Gasteiger partial charge in [-0.25, -0.2) is 9.18 Å². The summed E-state index contributed by atoms with van der Waals surface area (Å²) >= 11 is 5.74. The Balaban J connectivity index is 1.78. The van der Waals surface area contributed by atoms with Gasteiger partial charge in [0.2, 0.25) is 0 Å². The lowest BCUT2D eigenvalue weighted by atomic mass is 10.3. The lowest BCUT2D eigenvalue weighted by Crippen LogP contribution is -2.31. The molecule has 1 N–H and O–H groups in total. The number of amides is 1. The van der Waals surface area contributed by atoms with E-state index in [4.69, 9.17) is 21.1 Å². The molecular weight excluding hydrogens is 337 g/mol. The van der Waals surface area contributed by atoms with Gasteiger partial charge in [-0.1, -0.05) is 11.6 Å². The molecule has 0 spiro atoms. The highest BCUT2D eigenvalue weighted by Gasteiger charge is 2.18. The van der Waals surface area contributed by atoms with Gasteiger partial charge in [-0.15, -0.1) is 0 Å². The first kappa shape index (κ1) is 17.7. The number of rotatable bonds is 6. The number of carbonyl (C=O) groups excluding carboxylic acids is 2. The van der Waals surface area contributed by atoms with Gasteiger partial charge in [-0.2, -0.15) is 0 Å². The van der Waals surface area contributed by atoms with E-state index in [1.54, 1.807) is 24.3 Å². The SMILES string of the molecule is C[C@@H](OC(=O)COc1ccc(Cl)cc1)C(=O)Nc1ccc(F)cc1. The standard InChI is InChI=1S/C17H15ClFNO4/c1-11(17(22)20-14-6-4-13(19)5-7-14)24-16(21)10-23-15-8-2-12(18)3-9-15/h2-9,11H,10H2,1H3,(H,20,22)/t11-/m1/s1. The van der Waals surface area contributed by atoms with Gasteiger partial charge in [0.15, 0.2) is 12.7 Å². The number of hydrogen-bond acceptors (Lipinski definition) is 4. The Bertz CT molecular complexity index is 704. The van der Waals surface area contributed by atoms with Crippen LogP contribution < -0.4 is 10.1 Å². The lowest BCUT2D eigenvalue weighted by molar-refractivity contribution is -0.155. The molecule has 2 aromatic rings. The minimum atomic E-state index is -1.02. The van der Waals surface area contributed by atoms with Crippen molar-refractivity contribution in [2.75, 3.05) is 11.9 Å². The molecule has 0 unspecified atom stereocenters. The van der Waals surface area contributed by atoms with E-state index in [2.05, 4.69) is 5.32 Å². The molecule has 1 atom stereocenters. The van der Waals surface area contributed by atoms with Crippen LogP contribution in [-0.2, 0) is 14.3 Å². The monoisotopic (exact) mass is 351 g/mol. The van der Waals surface area contributed by atoms with E-state index >= 15 is 0 Å². The van der Waals surface area contributed by atoms with Crippen molar-refractivity contribution in [3.8, 4) is 5.75 Å². The molecule has 24 heavy (non-hydrogen) atoms. The van der Waals surface area contributed by atoms with Gasteiger partial charge in [0.1, 0.15) is 11.6 Å². The van der Waals surface area contributed by atoms with Crippen molar-refractivity contribution < 1.29 is 23.5 Å². The molecule has 0 bridgehead atoms. The maximum absolute atomic E-state index is 12.8. The Morgan fingerprint density at radius 3 is 2.38 bits per heavy atom. The van der Waals surface area contributed by atoms with E-state index in [0.717, 1.165) is 0 Å². The zero-order chi connectivity index (χ0) is 17.5. The number of anilines is 1. The fourth-order valence-corrected chi connectivity index (χ4v) is 1.86. The molecule has 0 saturated carbocycles. The summed E-state index contributed by atoms with van der Waals surface area (Å²) in [7, 11) is 0. The third kappa shape index (κ3) is 5.55. The molecule has 0 aliphatic rings. The zero-order valence-corrected chi connectivity index (χ0v) is 13.5. The Morgan fingerprint density at radius 1 is 1.12 bits per heavy atom. The summed E-state index contributed by atoms with van der Waals surface area (Å²) < 4.78 is 23.0. The Hall–Kier alpha value is -2.60. The minimum absolute atomic E-state index is 0.337. The number of ether oxygens (including phenoxy) is 2. The fraction of sp³-hybridized carbons (Fsp3) is 0.176.